The van der Waals surface area contributed by atoms with Crippen molar-refractivity contribution in [3.63, 3.8) is 0 Å². The number of aryl methyl sites for hydroxylation is 2. The van der Waals surface area contributed by atoms with Crippen LogP contribution in [0.15, 0.2) is 16.6 Å². The average Bonchev–Trinajstić information content (AvgIpc) is 2.69. The number of rotatable bonds is 2. The van der Waals surface area contributed by atoms with Gasteiger partial charge in [-0.1, -0.05) is 29.3 Å². The Morgan fingerprint density at radius 3 is 2.75 bits per heavy atom. The van der Waals surface area contributed by atoms with Crippen LogP contribution in [0.3, 0.4) is 0 Å². The van der Waals surface area contributed by atoms with E-state index >= 15 is 0 Å². The molecular formula is C17H21BrN2. The molecule has 3 heteroatoms. The van der Waals surface area contributed by atoms with E-state index in [9.17, 15) is 0 Å². The van der Waals surface area contributed by atoms with E-state index in [1.165, 1.54) is 52.7 Å². The molecule has 0 atom stereocenters. The third kappa shape index (κ3) is 2.32. The Morgan fingerprint density at radius 1 is 1.20 bits per heavy atom. The lowest BCUT2D eigenvalue weighted by atomic mass is 9.99. The van der Waals surface area contributed by atoms with Gasteiger partial charge in [0.2, 0.25) is 0 Å². The molecule has 0 spiro atoms. The van der Waals surface area contributed by atoms with Gasteiger partial charge >= 0.3 is 0 Å². The molecule has 20 heavy (non-hydrogen) atoms. The van der Waals surface area contributed by atoms with Crippen molar-refractivity contribution in [2.24, 2.45) is 0 Å². The number of nitrogens with one attached hydrogen (secondary N) is 1. The topological polar surface area (TPSA) is 24.9 Å². The number of hydrogen-bond acceptors (Lipinski definition) is 2. The number of aromatic nitrogens is 1. The molecular weight excluding hydrogens is 312 g/mol. The maximum Gasteiger partial charge on any atom is 0.0758 e. The van der Waals surface area contributed by atoms with Crippen LogP contribution in [-0.4, -0.2) is 12.0 Å². The lowest BCUT2D eigenvalue weighted by molar-refractivity contribution is 0.709. The van der Waals surface area contributed by atoms with Crippen LogP contribution in [0.25, 0.3) is 10.9 Å². The lowest BCUT2D eigenvalue weighted by Crippen LogP contribution is -2.05. The standard InChI is InChI=1S/C17H21BrN2/c1-3-11-9-12(18)10-14-16(11)20-15-8-6-4-5-7-13(15)17(14)19-2/h9-10H,3-8H2,1-2H3,(H,19,20). The Labute approximate surface area is 129 Å². The minimum absolute atomic E-state index is 1.02. The quantitative estimate of drug-likeness (QED) is 0.793. The van der Waals surface area contributed by atoms with Gasteiger partial charge in [-0.05, 0) is 55.4 Å². The summed E-state index contributed by atoms with van der Waals surface area (Å²) in [6.07, 6.45) is 7.17. The van der Waals surface area contributed by atoms with Crippen LogP contribution in [0, 0.1) is 0 Å². The molecule has 0 bridgehead atoms. The number of halogens is 1. The fraction of sp³-hybridized carbons (Fsp3) is 0.471. The van der Waals surface area contributed by atoms with Crippen molar-refractivity contribution in [3.05, 3.63) is 33.4 Å². The predicted molar refractivity (Wildman–Crippen MR) is 89.6 cm³/mol. The van der Waals surface area contributed by atoms with Gasteiger partial charge in [0.05, 0.1) is 5.52 Å². The summed E-state index contributed by atoms with van der Waals surface area (Å²) >= 11 is 3.64. The Kier molecular flexibility index (Phi) is 3.97. The van der Waals surface area contributed by atoms with Crippen LogP contribution in [0.2, 0.25) is 0 Å². The first kappa shape index (κ1) is 13.9. The number of fused-ring (bicyclic) bond motifs is 2. The fourth-order valence-corrected chi connectivity index (χ4v) is 3.79. The minimum Gasteiger partial charge on any atom is -0.387 e. The SMILES string of the molecule is CCc1cc(Br)cc2c(NC)c3c(nc12)CCCCC3. The molecule has 0 aliphatic heterocycles. The highest BCUT2D eigenvalue weighted by Gasteiger charge is 2.18. The third-order valence-electron chi connectivity index (χ3n) is 4.29. The fourth-order valence-electron chi connectivity index (χ4n) is 3.29. The number of benzene rings is 1. The molecule has 1 aromatic carbocycles. The van der Waals surface area contributed by atoms with E-state index in [0.29, 0.717) is 0 Å². The zero-order valence-corrected chi connectivity index (χ0v) is 13.8. The first-order chi connectivity index (χ1) is 9.74. The van der Waals surface area contributed by atoms with Gasteiger partial charge in [0.15, 0.2) is 0 Å². The van der Waals surface area contributed by atoms with Crippen molar-refractivity contribution in [2.75, 3.05) is 12.4 Å². The molecule has 0 fully saturated rings. The molecule has 3 rings (SSSR count). The molecule has 1 aliphatic carbocycles. The van der Waals surface area contributed by atoms with E-state index in [2.05, 4.69) is 40.3 Å². The Bertz CT molecular complexity index is 649. The monoisotopic (exact) mass is 332 g/mol. The number of hydrogen-bond donors (Lipinski definition) is 1. The summed E-state index contributed by atoms with van der Waals surface area (Å²) in [5.41, 5.74) is 6.57. The van der Waals surface area contributed by atoms with E-state index in [1.54, 1.807) is 0 Å². The van der Waals surface area contributed by atoms with Gasteiger partial charge in [0.1, 0.15) is 0 Å². The molecule has 0 unspecified atom stereocenters. The van der Waals surface area contributed by atoms with E-state index in [4.69, 9.17) is 4.98 Å². The number of nitrogens with zero attached hydrogens (tertiary/aromatic N) is 1. The molecule has 1 heterocycles. The maximum absolute atomic E-state index is 5.04. The van der Waals surface area contributed by atoms with Crippen LogP contribution < -0.4 is 5.32 Å². The first-order valence-electron chi connectivity index (χ1n) is 7.56. The van der Waals surface area contributed by atoms with Crippen LogP contribution in [0.4, 0.5) is 5.69 Å². The summed E-state index contributed by atoms with van der Waals surface area (Å²) in [4.78, 5) is 5.04. The molecule has 2 aromatic rings. The zero-order chi connectivity index (χ0) is 14.1. The molecule has 2 nitrogen and oxygen atoms in total. The molecule has 0 amide bonds. The van der Waals surface area contributed by atoms with Crippen molar-refractivity contribution in [2.45, 2.75) is 45.4 Å². The summed E-state index contributed by atoms with van der Waals surface area (Å²) in [7, 11) is 2.03. The summed E-state index contributed by atoms with van der Waals surface area (Å²) in [6.45, 7) is 2.20. The normalized spacial score (nSPS) is 14.9. The highest BCUT2D eigenvalue weighted by atomic mass is 79.9. The smallest absolute Gasteiger partial charge is 0.0758 e. The van der Waals surface area contributed by atoms with Gasteiger partial charge < -0.3 is 5.32 Å². The molecule has 0 saturated carbocycles. The Morgan fingerprint density at radius 2 is 2.00 bits per heavy atom. The Hall–Kier alpha value is -1.09. The van der Waals surface area contributed by atoms with E-state index < -0.39 is 0 Å². The molecule has 106 valence electrons. The summed E-state index contributed by atoms with van der Waals surface area (Å²) < 4.78 is 1.15. The van der Waals surface area contributed by atoms with Crippen molar-refractivity contribution < 1.29 is 0 Å². The highest BCUT2D eigenvalue weighted by molar-refractivity contribution is 9.10. The van der Waals surface area contributed by atoms with Gasteiger partial charge in [-0.3, -0.25) is 4.98 Å². The second-order valence-electron chi connectivity index (χ2n) is 5.54. The molecule has 0 saturated heterocycles. The summed E-state index contributed by atoms with van der Waals surface area (Å²) in [6, 6.07) is 4.41. The van der Waals surface area contributed by atoms with Crippen LogP contribution >= 0.6 is 15.9 Å². The first-order valence-corrected chi connectivity index (χ1v) is 8.35. The van der Waals surface area contributed by atoms with Crippen LogP contribution in [0.5, 0.6) is 0 Å². The highest BCUT2D eigenvalue weighted by Crippen LogP contribution is 2.35. The number of pyridine rings is 1. The van der Waals surface area contributed by atoms with E-state index in [1.807, 2.05) is 7.05 Å². The average molecular weight is 333 g/mol. The van der Waals surface area contributed by atoms with Crippen LogP contribution in [-0.2, 0) is 19.3 Å². The van der Waals surface area contributed by atoms with Gasteiger partial charge in [-0.2, -0.15) is 0 Å². The zero-order valence-electron chi connectivity index (χ0n) is 12.2. The summed E-state index contributed by atoms with van der Waals surface area (Å²) in [5.74, 6) is 0. The summed E-state index contributed by atoms with van der Waals surface area (Å²) in [5, 5.41) is 4.71. The van der Waals surface area contributed by atoms with Gasteiger partial charge in [-0.15, -0.1) is 0 Å². The second kappa shape index (κ2) is 5.72. The molecule has 0 radical (unpaired) electrons. The van der Waals surface area contributed by atoms with Crippen molar-refractivity contribution in [1.82, 2.24) is 4.98 Å². The van der Waals surface area contributed by atoms with Gasteiger partial charge in [-0.25, -0.2) is 0 Å². The van der Waals surface area contributed by atoms with Gasteiger partial charge in [0.25, 0.3) is 0 Å². The lowest BCUT2D eigenvalue weighted by Gasteiger charge is -2.17. The van der Waals surface area contributed by atoms with Crippen molar-refractivity contribution >= 4 is 32.5 Å². The second-order valence-corrected chi connectivity index (χ2v) is 6.45. The van der Waals surface area contributed by atoms with E-state index in [0.717, 1.165) is 23.7 Å². The number of anilines is 1. The third-order valence-corrected chi connectivity index (χ3v) is 4.75. The molecule has 1 aliphatic rings. The van der Waals surface area contributed by atoms with Crippen molar-refractivity contribution in [1.29, 1.82) is 0 Å². The molecule has 1 aromatic heterocycles. The Balaban J connectivity index is 2.35. The van der Waals surface area contributed by atoms with E-state index in [-0.39, 0.29) is 0 Å². The van der Waals surface area contributed by atoms with Crippen LogP contribution in [0.1, 0.15) is 43.0 Å². The minimum atomic E-state index is 1.02. The van der Waals surface area contributed by atoms with Gasteiger partial charge in [0, 0.05) is 28.3 Å². The van der Waals surface area contributed by atoms with Crippen molar-refractivity contribution in [3.8, 4) is 0 Å². The predicted octanol–water partition coefficient (Wildman–Crippen LogP) is 4.87. The molecule has 1 N–H and O–H groups in total. The largest absolute Gasteiger partial charge is 0.387 e. The maximum atomic E-state index is 5.04.